The lowest BCUT2D eigenvalue weighted by Crippen LogP contribution is -2.24. The maximum absolute atomic E-state index is 11.9. The summed E-state index contributed by atoms with van der Waals surface area (Å²) in [5.41, 5.74) is 0.699. The average Bonchev–Trinajstić information content (AvgIpc) is 3.29. The minimum absolute atomic E-state index is 0.0203. The highest BCUT2D eigenvalue weighted by Gasteiger charge is 2.09. The Morgan fingerprint density at radius 3 is 2.75 bits per heavy atom. The minimum atomic E-state index is -0.0203. The molecule has 1 N–H and O–H groups in total. The van der Waals surface area contributed by atoms with Gasteiger partial charge in [-0.05, 0) is 36.4 Å². The van der Waals surface area contributed by atoms with Crippen molar-refractivity contribution < 1.29 is 9.32 Å². The van der Waals surface area contributed by atoms with Gasteiger partial charge in [-0.15, -0.1) is 11.3 Å². The molecule has 1 aromatic carbocycles. The fraction of sp³-hybridized carbons (Fsp3) is 0.278. The summed E-state index contributed by atoms with van der Waals surface area (Å²) in [6.45, 7) is 0.679. The maximum atomic E-state index is 11.9. The Morgan fingerprint density at radius 2 is 1.96 bits per heavy atom. The number of carbonyl (C=O) groups excluding carboxylic acids is 1. The summed E-state index contributed by atoms with van der Waals surface area (Å²) >= 11 is 1.60. The quantitative estimate of drug-likeness (QED) is 0.630. The normalized spacial score (nSPS) is 10.7. The maximum Gasteiger partial charge on any atom is 0.251 e. The topological polar surface area (TPSA) is 68.0 Å². The number of amides is 1. The summed E-state index contributed by atoms with van der Waals surface area (Å²) in [4.78, 5) is 17.3. The monoisotopic (exact) mass is 341 g/mol. The van der Waals surface area contributed by atoms with E-state index in [2.05, 4.69) is 15.5 Å². The first kappa shape index (κ1) is 16.4. The molecule has 6 heteroatoms. The number of hydrogen-bond acceptors (Lipinski definition) is 5. The third-order valence-electron chi connectivity index (χ3n) is 3.60. The number of thiophene rings is 1. The number of nitrogens with zero attached hydrogens (tertiary/aromatic N) is 2. The highest BCUT2D eigenvalue weighted by molar-refractivity contribution is 7.13. The van der Waals surface area contributed by atoms with E-state index >= 15 is 0 Å². The van der Waals surface area contributed by atoms with Gasteiger partial charge in [0, 0.05) is 18.5 Å². The molecule has 0 aliphatic heterocycles. The number of hydrogen-bond donors (Lipinski definition) is 1. The Morgan fingerprint density at radius 1 is 1.08 bits per heavy atom. The van der Waals surface area contributed by atoms with Gasteiger partial charge in [0.25, 0.3) is 5.91 Å². The van der Waals surface area contributed by atoms with Crippen molar-refractivity contribution in [3.63, 3.8) is 0 Å². The first-order valence-corrected chi connectivity index (χ1v) is 8.90. The molecule has 3 rings (SSSR count). The molecule has 0 unspecified atom stereocenters. The van der Waals surface area contributed by atoms with Crippen LogP contribution in [-0.4, -0.2) is 22.6 Å². The second kappa shape index (κ2) is 8.40. The van der Waals surface area contributed by atoms with Crippen LogP contribution in [0.15, 0.2) is 52.4 Å². The molecule has 24 heavy (non-hydrogen) atoms. The number of aryl methyl sites for hydroxylation is 1. The highest BCUT2D eigenvalue weighted by Crippen LogP contribution is 2.21. The lowest BCUT2D eigenvalue weighted by atomic mass is 10.2. The van der Waals surface area contributed by atoms with Crippen LogP contribution in [0.5, 0.6) is 0 Å². The Labute approximate surface area is 144 Å². The lowest BCUT2D eigenvalue weighted by Gasteiger charge is -2.04. The molecular formula is C18H19N3O2S. The fourth-order valence-corrected chi connectivity index (χ4v) is 2.98. The molecule has 0 aliphatic rings. The van der Waals surface area contributed by atoms with Gasteiger partial charge in [-0.2, -0.15) is 4.98 Å². The second-order valence-electron chi connectivity index (χ2n) is 5.42. The molecule has 2 aromatic heterocycles. The average molecular weight is 341 g/mol. The van der Waals surface area contributed by atoms with E-state index in [0.29, 0.717) is 23.8 Å². The van der Waals surface area contributed by atoms with Gasteiger partial charge in [-0.3, -0.25) is 4.79 Å². The largest absolute Gasteiger partial charge is 0.352 e. The Kier molecular flexibility index (Phi) is 5.74. The van der Waals surface area contributed by atoms with Crippen LogP contribution in [0.4, 0.5) is 0 Å². The van der Waals surface area contributed by atoms with Gasteiger partial charge < -0.3 is 9.84 Å². The van der Waals surface area contributed by atoms with Crippen molar-refractivity contribution in [3.05, 3.63) is 59.3 Å². The predicted octanol–water partition coefficient (Wildman–Crippen LogP) is 3.94. The van der Waals surface area contributed by atoms with Crippen LogP contribution in [0.25, 0.3) is 10.7 Å². The molecule has 0 saturated carbocycles. The van der Waals surface area contributed by atoms with Gasteiger partial charge in [0.1, 0.15) is 0 Å². The molecule has 0 aliphatic carbocycles. The lowest BCUT2D eigenvalue weighted by molar-refractivity contribution is 0.0953. The van der Waals surface area contributed by atoms with Crippen molar-refractivity contribution in [2.45, 2.75) is 25.7 Å². The van der Waals surface area contributed by atoms with Gasteiger partial charge >= 0.3 is 0 Å². The van der Waals surface area contributed by atoms with Crippen molar-refractivity contribution in [3.8, 4) is 10.7 Å². The molecule has 0 bridgehead atoms. The Hall–Kier alpha value is -2.47. The van der Waals surface area contributed by atoms with Crippen LogP contribution in [0.1, 0.15) is 35.5 Å². The van der Waals surface area contributed by atoms with E-state index in [1.54, 1.807) is 11.3 Å². The molecule has 3 aromatic rings. The van der Waals surface area contributed by atoms with E-state index in [-0.39, 0.29) is 5.91 Å². The van der Waals surface area contributed by atoms with E-state index < -0.39 is 0 Å². The van der Waals surface area contributed by atoms with Crippen molar-refractivity contribution in [1.29, 1.82) is 0 Å². The number of aromatic nitrogens is 2. The van der Waals surface area contributed by atoms with E-state index in [1.165, 1.54) is 0 Å². The van der Waals surface area contributed by atoms with Gasteiger partial charge in [0.2, 0.25) is 11.7 Å². The SMILES string of the molecule is O=C(NCCCCCc1nc(-c2cccs2)no1)c1ccccc1. The zero-order valence-electron chi connectivity index (χ0n) is 13.3. The number of benzene rings is 1. The number of carbonyl (C=O) groups is 1. The van der Waals surface area contributed by atoms with Crippen molar-refractivity contribution in [1.82, 2.24) is 15.5 Å². The molecule has 124 valence electrons. The molecule has 0 fully saturated rings. The molecule has 0 saturated heterocycles. The number of rotatable bonds is 8. The fourth-order valence-electron chi connectivity index (χ4n) is 2.33. The van der Waals surface area contributed by atoms with E-state index in [4.69, 9.17) is 4.52 Å². The molecule has 0 spiro atoms. The first-order valence-electron chi connectivity index (χ1n) is 8.02. The van der Waals surface area contributed by atoms with Crippen LogP contribution < -0.4 is 5.32 Å². The van der Waals surface area contributed by atoms with E-state index in [1.807, 2.05) is 47.8 Å². The third-order valence-corrected chi connectivity index (χ3v) is 4.46. The third kappa shape index (κ3) is 4.52. The molecular weight excluding hydrogens is 322 g/mol. The van der Waals surface area contributed by atoms with Gasteiger partial charge in [-0.25, -0.2) is 0 Å². The van der Waals surface area contributed by atoms with Crippen LogP contribution in [0.2, 0.25) is 0 Å². The predicted molar refractivity (Wildman–Crippen MR) is 93.9 cm³/mol. The molecule has 0 atom stereocenters. The van der Waals surface area contributed by atoms with Gasteiger partial charge in [0.15, 0.2) is 0 Å². The zero-order valence-corrected chi connectivity index (χ0v) is 14.1. The Balaban J connectivity index is 1.32. The van der Waals surface area contributed by atoms with Crippen LogP contribution in [-0.2, 0) is 6.42 Å². The summed E-state index contributed by atoms with van der Waals surface area (Å²) in [5.74, 6) is 1.31. The summed E-state index contributed by atoms with van der Waals surface area (Å²) in [5, 5.41) is 8.92. The molecule has 2 heterocycles. The van der Waals surface area contributed by atoms with Crippen LogP contribution in [0, 0.1) is 0 Å². The standard InChI is InChI=1S/C18H19N3O2S/c22-18(14-8-3-1-4-9-14)19-12-6-2-5-11-16-20-17(21-23-16)15-10-7-13-24-15/h1,3-4,7-10,13H,2,5-6,11-12H2,(H,19,22). The van der Waals surface area contributed by atoms with E-state index in [0.717, 1.165) is 30.6 Å². The van der Waals surface area contributed by atoms with E-state index in [9.17, 15) is 4.79 Å². The summed E-state index contributed by atoms with van der Waals surface area (Å²) in [7, 11) is 0. The summed E-state index contributed by atoms with van der Waals surface area (Å²) < 4.78 is 5.27. The van der Waals surface area contributed by atoms with Gasteiger partial charge in [0.05, 0.1) is 4.88 Å². The number of nitrogens with one attached hydrogen (secondary N) is 1. The van der Waals surface area contributed by atoms with Crippen molar-refractivity contribution in [2.75, 3.05) is 6.54 Å². The molecule has 1 amide bonds. The smallest absolute Gasteiger partial charge is 0.251 e. The first-order chi connectivity index (χ1) is 11.8. The second-order valence-corrected chi connectivity index (χ2v) is 6.37. The van der Waals surface area contributed by atoms with Gasteiger partial charge in [-0.1, -0.05) is 35.8 Å². The zero-order chi connectivity index (χ0) is 16.6. The number of unbranched alkanes of at least 4 members (excludes halogenated alkanes) is 2. The van der Waals surface area contributed by atoms with Crippen LogP contribution in [0.3, 0.4) is 0 Å². The minimum Gasteiger partial charge on any atom is -0.352 e. The summed E-state index contributed by atoms with van der Waals surface area (Å²) in [6.07, 6.45) is 3.68. The molecule has 0 radical (unpaired) electrons. The van der Waals surface area contributed by atoms with Crippen molar-refractivity contribution >= 4 is 17.2 Å². The Bertz CT molecular complexity index is 754. The molecule has 5 nitrogen and oxygen atoms in total. The highest BCUT2D eigenvalue weighted by atomic mass is 32.1. The summed E-state index contributed by atoms with van der Waals surface area (Å²) in [6, 6.07) is 13.2. The van der Waals surface area contributed by atoms with Crippen molar-refractivity contribution in [2.24, 2.45) is 0 Å². The van der Waals surface area contributed by atoms with Crippen LogP contribution >= 0.6 is 11.3 Å².